The second-order valence-corrected chi connectivity index (χ2v) is 7.36. The predicted molar refractivity (Wildman–Crippen MR) is 87.9 cm³/mol. The minimum absolute atomic E-state index is 0.118. The molecular weight excluding hydrogens is 292 g/mol. The average molecular weight is 318 g/mol. The Kier molecular flexibility index (Phi) is 5.45. The maximum Gasteiger partial charge on any atom is 0.314 e. The number of rotatable bonds is 3. The van der Waals surface area contributed by atoms with Gasteiger partial charge in [-0.15, -0.1) is 0 Å². The fourth-order valence-electron chi connectivity index (χ4n) is 3.03. The summed E-state index contributed by atoms with van der Waals surface area (Å²) in [6.07, 6.45) is 2.00. The van der Waals surface area contributed by atoms with Crippen molar-refractivity contribution in [3.63, 3.8) is 0 Å². The van der Waals surface area contributed by atoms with Crippen molar-refractivity contribution in [2.24, 2.45) is 17.8 Å². The Labute approximate surface area is 138 Å². The molecule has 1 fully saturated rings. The number of para-hydroxylation sites is 1. The fourth-order valence-corrected chi connectivity index (χ4v) is 3.03. The fraction of sp³-hybridized carbons (Fsp3) is 0.579. The van der Waals surface area contributed by atoms with E-state index in [4.69, 9.17) is 9.47 Å². The van der Waals surface area contributed by atoms with Crippen LogP contribution in [-0.2, 0) is 14.3 Å². The molecule has 0 aromatic heterocycles. The lowest BCUT2D eigenvalue weighted by molar-refractivity contribution is -0.164. The molecule has 0 N–H and O–H groups in total. The molecule has 4 heteroatoms. The normalized spacial score (nSPS) is 24.8. The first-order chi connectivity index (χ1) is 10.8. The molecule has 4 nitrogen and oxygen atoms in total. The summed E-state index contributed by atoms with van der Waals surface area (Å²) in [4.78, 5) is 24.5. The Morgan fingerprint density at radius 1 is 1.04 bits per heavy atom. The van der Waals surface area contributed by atoms with E-state index in [0.29, 0.717) is 25.0 Å². The van der Waals surface area contributed by atoms with Crippen molar-refractivity contribution in [1.82, 2.24) is 0 Å². The van der Waals surface area contributed by atoms with Gasteiger partial charge in [0.1, 0.15) is 11.4 Å². The SMILES string of the molecule is C[C@H]1CC(C(=O)Oc2ccccc2)CC[C@H]1C(=O)OC(C)(C)C. The third kappa shape index (κ3) is 5.08. The molecule has 1 saturated carbocycles. The number of ether oxygens (including phenoxy) is 2. The highest BCUT2D eigenvalue weighted by Crippen LogP contribution is 2.36. The first kappa shape index (κ1) is 17.5. The second-order valence-electron chi connectivity index (χ2n) is 7.36. The molecular formula is C19H26O4. The van der Waals surface area contributed by atoms with Crippen molar-refractivity contribution in [2.75, 3.05) is 0 Å². The number of benzene rings is 1. The van der Waals surface area contributed by atoms with E-state index in [0.717, 1.165) is 0 Å². The Morgan fingerprint density at radius 2 is 1.70 bits per heavy atom. The van der Waals surface area contributed by atoms with Crippen molar-refractivity contribution in [2.45, 2.75) is 52.6 Å². The van der Waals surface area contributed by atoms with Gasteiger partial charge in [-0.05, 0) is 58.1 Å². The zero-order valence-electron chi connectivity index (χ0n) is 14.4. The van der Waals surface area contributed by atoms with E-state index in [2.05, 4.69) is 0 Å². The molecule has 0 aliphatic heterocycles. The number of carbonyl (C=O) groups is 2. The molecule has 0 radical (unpaired) electrons. The molecule has 23 heavy (non-hydrogen) atoms. The van der Waals surface area contributed by atoms with Crippen LogP contribution in [0.2, 0.25) is 0 Å². The Morgan fingerprint density at radius 3 is 2.26 bits per heavy atom. The van der Waals surface area contributed by atoms with Crippen LogP contribution in [-0.4, -0.2) is 17.5 Å². The number of hydrogen-bond acceptors (Lipinski definition) is 4. The highest BCUT2D eigenvalue weighted by Gasteiger charge is 2.38. The topological polar surface area (TPSA) is 52.6 Å². The molecule has 1 aromatic rings. The summed E-state index contributed by atoms with van der Waals surface area (Å²) in [6, 6.07) is 9.10. The molecule has 1 aromatic carbocycles. The minimum Gasteiger partial charge on any atom is -0.460 e. The van der Waals surface area contributed by atoms with E-state index in [9.17, 15) is 9.59 Å². The molecule has 0 spiro atoms. The van der Waals surface area contributed by atoms with Gasteiger partial charge >= 0.3 is 11.9 Å². The van der Waals surface area contributed by atoms with E-state index < -0.39 is 5.60 Å². The summed E-state index contributed by atoms with van der Waals surface area (Å²) in [5.74, 6) is 0.0517. The molecule has 3 atom stereocenters. The zero-order chi connectivity index (χ0) is 17.0. The van der Waals surface area contributed by atoms with E-state index in [1.54, 1.807) is 12.1 Å². The van der Waals surface area contributed by atoms with Crippen LogP contribution in [0.4, 0.5) is 0 Å². The van der Waals surface area contributed by atoms with Crippen molar-refractivity contribution in [1.29, 1.82) is 0 Å². The van der Waals surface area contributed by atoms with Crippen LogP contribution < -0.4 is 4.74 Å². The van der Waals surface area contributed by atoms with E-state index in [-0.39, 0.29) is 29.7 Å². The number of carbonyl (C=O) groups excluding carboxylic acids is 2. The van der Waals surface area contributed by atoms with E-state index in [1.165, 1.54) is 0 Å². The van der Waals surface area contributed by atoms with Gasteiger partial charge in [-0.1, -0.05) is 25.1 Å². The average Bonchev–Trinajstić information content (AvgIpc) is 2.46. The monoisotopic (exact) mass is 318 g/mol. The Hall–Kier alpha value is -1.84. The Bertz CT molecular complexity index is 544. The third-order valence-electron chi connectivity index (χ3n) is 4.17. The van der Waals surface area contributed by atoms with Crippen molar-refractivity contribution < 1.29 is 19.1 Å². The van der Waals surface area contributed by atoms with E-state index in [1.807, 2.05) is 45.9 Å². The predicted octanol–water partition coefficient (Wildman–Crippen LogP) is 3.99. The maximum absolute atomic E-state index is 12.3. The molecule has 1 aliphatic rings. The van der Waals surface area contributed by atoms with Gasteiger partial charge in [0.05, 0.1) is 11.8 Å². The summed E-state index contributed by atoms with van der Waals surface area (Å²) in [5, 5.41) is 0. The molecule has 126 valence electrons. The van der Waals surface area contributed by atoms with Crippen molar-refractivity contribution in [3.05, 3.63) is 30.3 Å². The summed E-state index contributed by atoms with van der Waals surface area (Å²) >= 11 is 0. The largest absolute Gasteiger partial charge is 0.460 e. The molecule has 1 aliphatic carbocycles. The highest BCUT2D eigenvalue weighted by atomic mass is 16.6. The summed E-state index contributed by atoms with van der Waals surface area (Å²) in [5.41, 5.74) is -0.472. The lowest BCUT2D eigenvalue weighted by Gasteiger charge is -2.33. The Balaban J connectivity index is 1.90. The van der Waals surface area contributed by atoms with Crippen LogP contribution in [0.5, 0.6) is 5.75 Å². The summed E-state index contributed by atoms with van der Waals surface area (Å²) in [6.45, 7) is 7.63. The van der Waals surface area contributed by atoms with Gasteiger partial charge < -0.3 is 9.47 Å². The molecule has 0 heterocycles. The van der Waals surface area contributed by atoms with Crippen LogP contribution in [0.15, 0.2) is 30.3 Å². The van der Waals surface area contributed by atoms with Gasteiger partial charge in [-0.2, -0.15) is 0 Å². The van der Waals surface area contributed by atoms with Gasteiger partial charge in [0.25, 0.3) is 0 Å². The highest BCUT2D eigenvalue weighted by molar-refractivity contribution is 5.77. The zero-order valence-corrected chi connectivity index (χ0v) is 14.4. The quantitative estimate of drug-likeness (QED) is 0.625. The van der Waals surface area contributed by atoms with Gasteiger partial charge in [0, 0.05) is 0 Å². The maximum atomic E-state index is 12.3. The molecule has 0 bridgehead atoms. The first-order valence-electron chi connectivity index (χ1n) is 8.26. The van der Waals surface area contributed by atoms with Crippen LogP contribution in [0.1, 0.15) is 47.0 Å². The second kappa shape index (κ2) is 7.16. The van der Waals surface area contributed by atoms with Gasteiger partial charge in [-0.25, -0.2) is 0 Å². The molecule has 0 amide bonds. The smallest absolute Gasteiger partial charge is 0.314 e. The summed E-state index contributed by atoms with van der Waals surface area (Å²) in [7, 11) is 0. The molecule has 1 unspecified atom stereocenters. The summed E-state index contributed by atoms with van der Waals surface area (Å²) < 4.78 is 10.9. The van der Waals surface area contributed by atoms with Crippen LogP contribution >= 0.6 is 0 Å². The molecule has 0 saturated heterocycles. The van der Waals surface area contributed by atoms with Gasteiger partial charge in [-0.3, -0.25) is 9.59 Å². The minimum atomic E-state index is -0.472. The van der Waals surface area contributed by atoms with Crippen LogP contribution in [0, 0.1) is 17.8 Å². The van der Waals surface area contributed by atoms with E-state index >= 15 is 0 Å². The molecule has 2 rings (SSSR count). The lowest BCUT2D eigenvalue weighted by atomic mass is 9.75. The number of esters is 2. The number of hydrogen-bond donors (Lipinski definition) is 0. The van der Waals surface area contributed by atoms with Crippen LogP contribution in [0.3, 0.4) is 0 Å². The lowest BCUT2D eigenvalue weighted by Crippen LogP contribution is -2.37. The van der Waals surface area contributed by atoms with Crippen LogP contribution in [0.25, 0.3) is 0 Å². The first-order valence-corrected chi connectivity index (χ1v) is 8.26. The van der Waals surface area contributed by atoms with Gasteiger partial charge in [0.15, 0.2) is 0 Å². The van der Waals surface area contributed by atoms with Gasteiger partial charge in [0.2, 0.25) is 0 Å². The van der Waals surface area contributed by atoms with Crippen molar-refractivity contribution in [3.8, 4) is 5.75 Å². The standard InChI is InChI=1S/C19H26O4/c1-13-12-14(17(20)22-15-8-6-5-7-9-15)10-11-16(13)18(21)23-19(2,3)4/h5-9,13-14,16H,10-12H2,1-4H3/t13-,14?,16+/m0/s1. The third-order valence-corrected chi connectivity index (χ3v) is 4.17. The van der Waals surface area contributed by atoms with Crippen molar-refractivity contribution >= 4 is 11.9 Å².